The van der Waals surface area contributed by atoms with E-state index in [9.17, 15) is 13.2 Å². The highest BCUT2D eigenvalue weighted by Crippen LogP contribution is 2.13. The SMILES string of the molecule is Cc1cc(CS(=O)(=O)CCC(=O)N(C)c2ccccc2)ncn1. The van der Waals surface area contributed by atoms with E-state index in [1.807, 2.05) is 18.2 Å². The van der Waals surface area contributed by atoms with Crippen molar-refractivity contribution < 1.29 is 13.2 Å². The van der Waals surface area contributed by atoms with E-state index in [1.54, 1.807) is 32.2 Å². The van der Waals surface area contributed by atoms with Crippen molar-refractivity contribution in [2.45, 2.75) is 19.1 Å². The molecule has 6 nitrogen and oxygen atoms in total. The molecule has 0 aliphatic rings. The van der Waals surface area contributed by atoms with E-state index in [1.165, 1.54) is 11.2 Å². The predicted molar refractivity (Wildman–Crippen MR) is 88.7 cm³/mol. The summed E-state index contributed by atoms with van der Waals surface area (Å²) in [6, 6.07) is 10.7. The topological polar surface area (TPSA) is 80.2 Å². The lowest BCUT2D eigenvalue weighted by Crippen LogP contribution is -2.28. The maximum Gasteiger partial charge on any atom is 0.227 e. The van der Waals surface area contributed by atoms with Gasteiger partial charge >= 0.3 is 0 Å². The van der Waals surface area contributed by atoms with Crippen molar-refractivity contribution in [1.82, 2.24) is 9.97 Å². The summed E-state index contributed by atoms with van der Waals surface area (Å²) in [4.78, 5) is 21.5. The van der Waals surface area contributed by atoms with Gasteiger partial charge in [0.2, 0.25) is 5.91 Å². The Morgan fingerprint density at radius 1 is 1.17 bits per heavy atom. The number of benzene rings is 1. The van der Waals surface area contributed by atoms with Gasteiger partial charge in [0.05, 0.1) is 17.2 Å². The second-order valence-corrected chi connectivity index (χ2v) is 7.47. The van der Waals surface area contributed by atoms with Gasteiger partial charge in [0.15, 0.2) is 9.84 Å². The second-order valence-electron chi connectivity index (χ2n) is 5.28. The van der Waals surface area contributed by atoms with Gasteiger partial charge in [0, 0.05) is 24.8 Å². The zero-order valence-electron chi connectivity index (χ0n) is 13.1. The van der Waals surface area contributed by atoms with Gasteiger partial charge in [-0.25, -0.2) is 18.4 Å². The Morgan fingerprint density at radius 2 is 1.87 bits per heavy atom. The molecule has 0 saturated carbocycles. The molecule has 0 atom stereocenters. The molecule has 0 fully saturated rings. The van der Waals surface area contributed by atoms with E-state index in [0.29, 0.717) is 11.4 Å². The summed E-state index contributed by atoms with van der Waals surface area (Å²) >= 11 is 0. The molecule has 1 amide bonds. The third kappa shape index (κ3) is 5.14. The maximum absolute atomic E-state index is 12.1. The summed E-state index contributed by atoms with van der Waals surface area (Å²) in [6.07, 6.45) is 1.28. The number of amides is 1. The van der Waals surface area contributed by atoms with Gasteiger partial charge in [-0.05, 0) is 25.1 Å². The Labute approximate surface area is 136 Å². The molecule has 0 saturated heterocycles. The minimum atomic E-state index is -3.40. The fourth-order valence-corrected chi connectivity index (χ4v) is 3.33. The van der Waals surface area contributed by atoms with Crippen LogP contribution in [0.5, 0.6) is 0 Å². The van der Waals surface area contributed by atoms with Crippen LogP contribution >= 0.6 is 0 Å². The molecule has 122 valence electrons. The number of aromatic nitrogens is 2. The first kappa shape index (κ1) is 17.1. The van der Waals surface area contributed by atoms with Crippen LogP contribution in [0.2, 0.25) is 0 Å². The largest absolute Gasteiger partial charge is 0.315 e. The molecule has 0 N–H and O–H groups in total. The normalized spacial score (nSPS) is 11.2. The van der Waals surface area contributed by atoms with E-state index in [4.69, 9.17) is 0 Å². The van der Waals surface area contributed by atoms with Crippen molar-refractivity contribution in [3.05, 3.63) is 54.1 Å². The summed E-state index contributed by atoms with van der Waals surface area (Å²) in [5, 5.41) is 0. The number of hydrogen-bond acceptors (Lipinski definition) is 5. The van der Waals surface area contributed by atoms with Crippen LogP contribution in [0.25, 0.3) is 0 Å². The van der Waals surface area contributed by atoms with Crippen LogP contribution in [-0.4, -0.2) is 37.1 Å². The van der Waals surface area contributed by atoms with Gasteiger partial charge in [-0.3, -0.25) is 4.79 Å². The minimum absolute atomic E-state index is 0.0577. The molecule has 23 heavy (non-hydrogen) atoms. The van der Waals surface area contributed by atoms with Crippen LogP contribution in [0.3, 0.4) is 0 Å². The number of para-hydroxylation sites is 1. The molecule has 1 heterocycles. The number of nitrogens with zero attached hydrogens (tertiary/aromatic N) is 3. The van der Waals surface area contributed by atoms with Crippen molar-refractivity contribution in [2.75, 3.05) is 17.7 Å². The first-order valence-electron chi connectivity index (χ1n) is 7.17. The number of anilines is 1. The monoisotopic (exact) mass is 333 g/mol. The Morgan fingerprint density at radius 3 is 2.52 bits per heavy atom. The Bertz CT molecular complexity index is 776. The summed E-state index contributed by atoms with van der Waals surface area (Å²) in [6.45, 7) is 1.77. The molecule has 0 aliphatic heterocycles. The average molecular weight is 333 g/mol. The maximum atomic E-state index is 12.1. The highest BCUT2D eigenvalue weighted by Gasteiger charge is 2.18. The number of carbonyl (C=O) groups is 1. The first-order valence-corrected chi connectivity index (χ1v) is 8.99. The van der Waals surface area contributed by atoms with Crippen molar-refractivity contribution in [3.8, 4) is 0 Å². The Kier molecular flexibility index (Phi) is 5.44. The van der Waals surface area contributed by atoms with Crippen LogP contribution < -0.4 is 4.90 Å². The number of carbonyl (C=O) groups excluding carboxylic acids is 1. The highest BCUT2D eigenvalue weighted by atomic mass is 32.2. The molecule has 2 aromatic rings. The molecule has 1 aromatic heterocycles. The zero-order valence-corrected chi connectivity index (χ0v) is 14.0. The molecule has 0 unspecified atom stereocenters. The Balaban J connectivity index is 1.95. The van der Waals surface area contributed by atoms with Crippen molar-refractivity contribution >= 4 is 21.4 Å². The molecule has 2 rings (SSSR count). The standard InChI is InChI=1S/C16H19N3O3S/c1-13-10-14(18-12-17-13)11-23(21,22)9-8-16(20)19(2)15-6-4-3-5-7-15/h3-7,10,12H,8-9,11H2,1-2H3. The summed E-state index contributed by atoms with van der Waals surface area (Å²) in [7, 11) is -1.76. The fraction of sp³-hybridized carbons (Fsp3) is 0.312. The van der Waals surface area contributed by atoms with Crippen LogP contribution in [0.4, 0.5) is 5.69 Å². The third-order valence-electron chi connectivity index (χ3n) is 3.37. The van der Waals surface area contributed by atoms with Crippen molar-refractivity contribution in [3.63, 3.8) is 0 Å². The van der Waals surface area contributed by atoms with Crippen LogP contribution in [0, 0.1) is 6.92 Å². The van der Waals surface area contributed by atoms with Gasteiger partial charge in [-0.15, -0.1) is 0 Å². The van der Waals surface area contributed by atoms with Gasteiger partial charge in [0.1, 0.15) is 6.33 Å². The molecule has 7 heteroatoms. The van der Waals surface area contributed by atoms with Gasteiger partial charge < -0.3 is 4.90 Å². The summed E-state index contributed by atoms with van der Waals surface area (Å²) < 4.78 is 24.3. The lowest BCUT2D eigenvalue weighted by molar-refractivity contribution is -0.117. The summed E-state index contributed by atoms with van der Waals surface area (Å²) in [5.74, 6) is -0.622. The van der Waals surface area contributed by atoms with Crippen LogP contribution in [0.1, 0.15) is 17.8 Å². The molecule has 1 aromatic carbocycles. The van der Waals surface area contributed by atoms with Gasteiger partial charge in [0.25, 0.3) is 0 Å². The van der Waals surface area contributed by atoms with E-state index in [-0.39, 0.29) is 23.8 Å². The molecular weight excluding hydrogens is 314 g/mol. The lowest BCUT2D eigenvalue weighted by atomic mass is 10.3. The van der Waals surface area contributed by atoms with Crippen LogP contribution in [-0.2, 0) is 20.4 Å². The van der Waals surface area contributed by atoms with E-state index < -0.39 is 9.84 Å². The zero-order chi connectivity index (χ0) is 16.9. The van der Waals surface area contributed by atoms with Gasteiger partial charge in [-0.2, -0.15) is 0 Å². The molecule has 0 spiro atoms. The number of aryl methyl sites for hydroxylation is 1. The lowest BCUT2D eigenvalue weighted by Gasteiger charge is -2.17. The first-order chi connectivity index (χ1) is 10.9. The Hall–Kier alpha value is -2.28. The van der Waals surface area contributed by atoms with E-state index in [2.05, 4.69) is 9.97 Å². The smallest absolute Gasteiger partial charge is 0.227 e. The molecule has 0 aliphatic carbocycles. The summed E-state index contributed by atoms with van der Waals surface area (Å²) in [5.41, 5.74) is 1.90. The van der Waals surface area contributed by atoms with Crippen molar-refractivity contribution in [2.24, 2.45) is 0 Å². The predicted octanol–water partition coefficient (Wildman–Crippen LogP) is 1.75. The fourth-order valence-electron chi connectivity index (χ4n) is 2.09. The van der Waals surface area contributed by atoms with E-state index >= 15 is 0 Å². The second kappa shape index (κ2) is 7.32. The average Bonchev–Trinajstić information content (AvgIpc) is 2.52. The molecule has 0 bridgehead atoms. The van der Waals surface area contributed by atoms with E-state index in [0.717, 1.165) is 5.69 Å². The quantitative estimate of drug-likeness (QED) is 0.804. The number of hydrogen-bond donors (Lipinski definition) is 0. The highest BCUT2D eigenvalue weighted by molar-refractivity contribution is 7.90. The van der Waals surface area contributed by atoms with Crippen LogP contribution in [0.15, 0.2) is 42.7 Å². The van der Waals surface area contributed by atoms with Gasteiger partial charge in [-0.1, -0.05) is 18.2 Å². The van der Waals surface area contributed by atoms with Crippen molar-refractivity contribution in [1.29, 1.82) is 0 Å². The molecule has 0 radical (unpaired) electrons. The number of sulfone groups is 1. The minimum Gasteiger partial charge on any atom is -0.315 e. The number of rotatable bonds is 6. The third-order valence-corrected chi connectivity index (χ3v) is 4.93. The molecular formula is C16H19N3O3S.